The zero-order valence-electron chi connectivity index (χ0n) is 16.4. The monoisotopic (exact) mass is 419 g/mol. The topological polar surface area (TPSA) is 110 Å². The molecule has 0 bridgehead atoms. The second-order valence-electron chi connectivity index (χ2n) is 7.41. The van der Waals surface area contributed by atoms with Crippen LogP contribution in [0.5, 0.6) is 0 Å². The number of carbonyl (C=O) groups excluding carboxylic acids is 1. The quantitative estimate of drug-likeness (QED) is 0.545. The largest absolute Gasteiger partial charge is 0.337 e. The van der Waals surface area contributed by atoms with Gasteiger partial charge in [0.05, 0.1) is 11.4 Å². The highest BCUT2D eigenvalue weighted by Gasteiger charge is 2.28. The van der Waals surface area contributed by atoms with E-state index in [1.807, 2.05) is 0 Å². The van der Waals surface area contributed by atoms with E-state index in [-0.39, 0.29) is 29.0 Å². The van der Waals surface area contributed by atoms with Crippen LogP contribution in [0.25, 0.3) is 22.2 Å². The number of carbonyl (C=O) groups is 1. The lowest BCUT2D eigenvalue weighted by Gasteiger charge is -2.31. The number of tetrazole rings is 1. The van der Waals surface area contributed by atoms with Crippen LogP contribution in [0, 0.1) is 5.82 Å². The number of fused-ring (bicyclic) bond motifs is 1. The summed E-state index contributed by atoms with van der Waals surface area (Å²) in [6.45, 7) is 1.01. The van der Waals surface area contributed by atoms with Crippen molar-refractivity contribution in [2.45, 2.75) is 18.9 Å². The van der Waals surface area contributed by atoms with Gasteiger partial charge in [0.15, 0.2) is 5.69 Å². The maximum atomic E-state index is 13.1. The zero-order chi connectivity index (χ0) is 21.4. The molecule has 156 valence electrons. The smallest absolute Gasteiger partial charge is 0.274 e. The molecule has 0 atom stereocenters. The molecule has 1 aliphatic heterocycles. The second kappa shape index (κ2) is 7.71. The number of rotatable bonds is 3. The molecule has 4 aromatic rings. The fraction of sp³-hybridized carbons (Fsp3) is 0.238. The molecule has 0 radical (unpaired) electrons. The normalized spacial score (nSPS) is 14.8. The molecule has 1 amide bonds. The molecule has 1 aliphatic rings. The predicted molar refractivity (Wildman–Crippen MR) is 110 cm³/mol. The number of halogens is 1. The SMILES string of the molecule is O=C(c1n[nH]c(=O)c2ccccc12)N1CCC(n2nnc(-c3ccc(F)cc3)n2)CC1. The lowest BCUT2D eigenvalue weighted by Crippen LogP contribution is -2.40. The minimum atomic E-state index is -0.321. The Labute approximate surface area is 175 Å². The van der Waals surface area contributed by atoms with Gasteiger partial charge in [-0.1, -0.05) is 18.2 Å². The molecular formula is C21H18FN7O2. The van der Waals surface area contributed by atoms with Gasteiger partial charge in [0, 0.05) is 24.0 Å². The lowest BCUT2D eigenvalue weighted by molar-refractivity contribution is 0.0678. The summed E-state index contributed by atoms with van der Waals surface area (Å²) in [5.74, 6) is -0.107. The number of benzene rings is 2. The van der Waals surface area contributed by atoms with Crippen molar-refractivity contribution in [3.8, 4) is 11.4 Å². The Hall–Kier alpha value is -3.95. The first kappa shape index (κ1) is 19.0. The van der Waals surface area contributed by atoms with E-state index in [2.05, 4.69) is 25.6 Å². The summed E-state index contributed by atoms with van der Waals surface area (Å²) in [6.07, 6.45) is 1.32. The molecular weight excluding hydrogens is 401 g/mol. The second-order valence-corrected chi connectivity index (χ2v) is 7.41. The first-order valence-corrected chi connectivity index (χ1v) is 9.92. The standard InChI is InChI=1S/C21H18FN7O2/c22-14-7-5-13(6-8-14)19-24-27-29(26-19)15-9-11-28(12-10-15)21(31)18-16-3-1-2-4-17(16)20(30)25-23-18/h1-8,15H,9-12H2,(H,25,30). The highest BCUT2D eigenvalue weighted by Crippen LogP contribution is 2.24. The van der Waals surface area contributed by atoms with Gasteiger partial charge >= 0.3 is 0 Å². The molecule has 3 heterocycles. The minimum absolute atomic E-state index is 0.00559. The van der Waals surface area contributed by atoms with Crippen molar-refractivity contribution in [3.63, 3.8) is 0 Å². The summed E-state index contributed by atoms with van der Waals surface area (Å²) >= 11 is 0. The Morgan fingerprint density at radius 1 is 1.03 bits per heavy atom. The van der Waals surface area contributed by atoms with Gasteiger partial charge in [0.25, 0.3) is 11.5 Å². The number of likely N-dealkylation sites (tertiary alicyclic amines) is 1. The number of nitrogens with one attached hydrogen (secondary N) is 1. The molecule has 1 saturated heterocycles. The highest BCUT2D eigenvalue weighted by atomic mass is 19.1. The Morgan fingerprint density at radius 3 is 2.48 bits per heavy atom. The van der Waals surface area contributed by atoms with Crippen molar-refractivity contribution >= 4 is 16.7 Å². The Balaban J connectivity index is 1.30. The van der Waals surface area contributed by atoms with Crippen LogP contribution in [0.2, 0.25) is 0 Å². The van der Waals surface area contributed by atoms with Crippen LogP contribution in [0.1, 0.15) is 29.4 Å². The van der Waals surface area contributed by atoms with E-state index in [4.69, 9.17) is 0 Å². The van der Waals surface area contributed by atoms with E-state index in [1.165, 1.54) is 12.1 Å². The first-order valence-electron chi connectivity index (χ1n) is 9.92. The summed E-state index contributed by atoms with van der Waals surface area (Å²) in [5, 5.41) is 20.0. The van der Waals surface area contributed by atoms with Crippen molar-refractivity contribution in [1.82, 2.24) is 35.3 Å². The van der Waals surface area contributed by atoms with Gasteiger partial charge in [-0.25, -0.2) is 9.49 Å². The number of amides is 1. The molecule has 31 heavy (non-hydrogen) atoms. The van der Waals surface area contributed by atoms with E-state index in [1.54, 1.807) is 46.1 Å². The maximum Gasteiger partial charge on any atom is 0.274 e. The van der Waals surface area contributed by atoms with Crippen molar-refractivity contribution in [3.05, 3.63) is 70.4 Å². The van der Waals surface area contributed by atoms with Crippen LogP contribution >= 0.6 is 0 Å². The minimum Gasteiger partial charge on any atom is -0.337 e. The summed E-state index contributed by atoms with van der Waals surface area (Å²) in [7, 11) is 0. The Morgan fingerprint density at radius 2 is 1.74 bits per heavy atom. The lowest BCUT2D eigenvalue weighted by atomic mass is 10.0. The third kappa shape index (κ3) is 3.56. The molecule has 5 rings (SSSR count). The summed E-state index contributed by atoms with van der Waals surface area (Å²) in [6, 6.07) is 12.9. The fourth-order valence-corrected chi connectivity index (χ4v) is 3.82. The molecule has 10 heteroatoms. The van der Waals surface area contributed by atoms with Crippen LogP contribution < -0.4 is 5.56 Å². The molecule has 2 aromatic heterocycles. The van der Waals surface area contributed by atoms with E-state index in [9.17, 15) is 14.0 Å². The Kier molecular flexibility index (Phi) is 4.73. The van der Waals surface area contributed by atoms with Gasteiger partial charge in [-0.15, -0.1) is 10.2 Å². The van der Waals surface area contributed by atoms with E-state index < -0.39 is 0 Å². The van der Waals surface area contributed by atoms with Crippen molar-refractivity contribution in [2.24, 2.45) is 0 Å². The molecule has 0 spiro atoms. The van der Waals surface area contributed by atoms with Gasteiger partial charge in [-0.05, 0) is 48.4 Å². The number of H-pyrrole nitrogens is 1. The van der Waals surface area contributed by atoms with Crippen molar-refractivity contribution in [1.29, 1.82) is 0 Å². The number of aromatic amines is 1. The number of aromatic nitrogens is 6. The first-order chi connectivity index (χ1) is 15.1. The third-order valence-electron chi connectivity index (χ3n) is 5.51. The molecule has 0 aliphatic carbocycles. The van der Waals surface area contributed by atoms with E-state index in [0.717, 1.165) is 0 Å². The zero-order valence-corrected chi connectivity index (χ0v) is 16.4. The predicted octanol–water partition coefficient (Wildman–Crippen LogP) is 2.19. The van der Waals surface area contributed by atoms with Gasteiger partial charge < -0.3 is 4.90 Å². The van der Waals surface area contributed by atoms with Crippen LogP contribution in [0.3, 0.4) is 0 Å². The maximum absolute atomic E-state index is 13.1. The number of nitrogens with zero attached hydrogens (tertiary/aromatic N) is 6. The van der Waals surface area contributed by atoms with Crippen molar-refractivity contribution < 1.29 is 9.18 Å². The average Bonchev–Trinajstić information content (AvgIpc) is 3.30. The average molecular weight is 419 g/mol. The Bertz CT molecular complexity index is 1310. The van der Waals surface area contributed by atoms with Crippen molar-refractivity contribution in [2.75, 3.05) is 13.1 Å². The molecule has 0 unspecified atom stereocenters. The highest BCUT2D eigenvalue weighted by molar-refractivity contribution is 6.04. The third-order valence-corrected chi connectivity index (χ3v) is 5.51. The fourth-order valence-electron chi connectivity index (χ4n) is 3.82. The van der Waals surface area contributed by atoms with Gasteiger partial charge in [-0.2, -0.15) is 9.90 Å². The molecule has 0 saturated carbocycles. The van der Waals surface area contributed by atoms with Gasteiger partial charge in [0.2, 0.25) is 5.82 Å². The van der Waals surface area contributed by atoms with Crippen LogP contribution in [-0.2, 0) is 0 Å². The molecule has 2 aromatic carbocycles. The van der Waals surface area contributed by atoms with E-state index in [0.29, 0.717) is 48.1 Å². The summed E-state index contributed by atoms with van der Waals surface area (Å²) in [4.78, 5) is 28.3. The summed E-state index contributed by atoms with van der Waals surface area (Å²) < 4.78 is 13.1. The van der Waals surface area contributed by atoms with Gasteiger partial charge in [-0.3, -0.25) is 9.59 Å². The van der Waals surface area contributed by atoms with Crippen LogP contribution in [0.4, 0.5) is 4.39 Å². The number of hydrogen-bond acceptors (Lipinski definition) is 6. The number of piperidine rings is 1. The van der Waals surface area contributed by atoms with Crippen LogP contribution in [0.15, 0.2) is 53.3 Å². The van der Waals surface area contributed by atoms with E-state index >= 15 is 0 Å². The summed E-state index contributed by atoms with van der Waals surface area (Å²) in [5.41, 5.74) is 0.613. The molecule has 1 N–H and O–H groups in total. The number of hydrogen-bond donors (Lipinski definition) is 1. The van der Waals surface area contributed by atoms with Gasteiger partial charge in [0.1, 0.15) is 5.82 Å². The van der Waals surface area contributed by atoms with Crippen LogP contribution in [-0.4, -0.2) is 54.3 Å². The molecule has 1 fully saturated rings. The molecule has 9 nitrogen and oxygen atoms in total.